The summed E-state index contributed by atoms with van der Waals surface area (Å²) in [4.78, 5) is 24.2. The van der Waals surface area contributed by atoms with E-state index in [1.165, 1.54) is 12.1 Å². The number of nitrogens with zero attached hydrogens (tertiary/aromatic N) is 4. The van der Waals surface area contributed by atoms with Crippen LogP contribution < -0.4 is 10.2 Å². The Kier molecular flexibility index (Phi) is 5.80. The number of amides is 1. The first kappa shape index (κ1) is 20.1. The molecule has 3 aromatic rings. The van der Waals surface area contributed by atoms with Crippen molar-refractivity contribution < 1.29 is 18.0 Å². The molecule has 1 aromatic heterocycles. The van der Waals surface area contributed by atoms with Gasteiger partial charge in [0, 0.05) is 31.6 Å². The third-order valence-corrected chi connectivity index (χ3v) is 4.98. The quantitative estimate of drug-likeness (QED) is 0.692. The summed E-state index contributed by atoms with van der Waals surface area (Å²) in [5, 5.41) is 3.29. The van der Waals surface area contributed by atoms with Crippen molar-refractivity contribution in [1.82, 2.24) is 14.9 Å². The van der Waals surface area contributed by atoms with Crippen molar-refractivity contribution in [3.05, 3.63) is 60.2 Å². The van der Waals surface area contributed by atoms with Crippen LogP contribution in [0.5, 0.6) is 0 Å². The van der Waals surface area contributed by atoms with Gasteiger partial charge in [-0.1, -0.05) is 24.3 Å². The molecule has 2 heterocycles. The molecule has 156 valence electrons. The zero-order valence-corrected chi connectivity index (χ0v) is 16.1. The highest BCUT2D eigenvalue weighted by molar-refractivity contribution is 5.92. The number of halogens is 3. The molecule has 6 nitrogen and oxygen atoms in total. The molecule has 2 aromatic carbocycles. The van der Waals surface area contributed by atoms with Crippen LogP contribution in [0.3, 0.4) is 0 Å². The summed E-state index contributed by atoms with van der Waals surface area (Å²) in [5.74, 6) is -0.802. The molecule has 9 heteroatoms. The van der Waals surface area contributed by atoms with Crippen LogP contribution in [0.4, 0.5) is 24.7 Å². The second-order valence-corrected chi connectivity index (χ2v) is 7.01. The molecular formula is C21H20F3N5O. The van der Waals surface area contributed by atoms with E-state index in [-0.39, 0.29) is 18.1 Å². The standard InChI is InChI=1S/C21H20F3N5O/c22-15-6-2-4-8-17(15)25-18(30)13-28-9-11-29(12-10-28)21-14-5-1-3-7-16(14)26-20(27-21)19(23)24/h1-8,19H,9-13H2,(H,25,30). The molecule has 0 spiro atoms. The van der Waals surface area contributed by atoms with Crippen molar-refractivity contribution in [2.24, 2.45) is 0 Å². The molecule has 30 heavy (non-hydrogen) atoms. The van der Waals surface area contributed by atoms with Crippen LogP contribution in [0.15, 0.2) is 48.5 Å². The van der Waals surface area contributed by atoms with Gasteiger partial charge in [-0.05, 0) is 24.3 Å². The Morgan fingerprint density at radius 2 is 1.70 bits per heavy atom. The first-order valence-corrected chi connectivity index (χ1v) is 9.58. The van der Waals surface area contributed by atoms with Gasteiger partial charge >= 0.3 is 0 Å². The molecule has 0 saturated carbocycles. The van der Waals surface area contributed by atoms with Gasteiger partial charge in [0.2, 0.25) is 5.91 Å². The lowest BCUT2D eigenvalue weighted by Crippen LogP contribution is -2.49. The molecule has 4 rings (SSSR count). The average molecular weight is 415 g/mol. The zero-order chi connectivity index (χ0) is 21.1. The van der Waals surface area contributed by atoms with Crippen LogP contribution in [-0.2, 0) is 4.79 Å². The molecule has 0 unspecified atom stereocenters. The number of nitrogens with one attached hydrogen (secondary N) is 1. The van der Waals surface area contributed by atoms with Crippen molar-refractivity contribution in [3.63, 3.8) is 0 Å². The zero-order valence-electron chi connectivity index (χ0n) is 16.1. The van der Waals surface area contributed by atoms with E-state index in [9.17, 15) is 18.0 Å². The lowest BCUT2D eigenvalue weighted by Gasteiger charge is -2.35. The minimum Gasteiger partial charge on any atom is -0.353 e. The average Bonchev–Trinajstić information content (AvgIpc) is 2.75. The number of anilines is 2. The summed E-state index contributed by atoms with van der Waals surface area (Å²) in [5.41, 5.74) is 0.623. The number of aromatic nitrogens is 2. The number of hydrogen-bond donors (Lipinski definition) is 1. The van der Waals surface area contributed by atoms with E-state index in [2.05, 4.69) is 15.3 Å². The van der Waals surface area contributed by atoms with Crippen molar-refractivity contribution in [3.8, 4) is 0 Å². The molecule has 1 fully saturated rings. The van der Waals surface area contributed by atoms with Crippen molar-refractivity contribution in [2.45, 2.75) is 6.43 Å². The molecule has 1 saturated heterocycles. The SMILES string of the molecule is O=C(CN1CCN(c2nc(C(F)F)nc3ccccc23)CC1)Nc1ccccc1F. The number of piperazine rings is 1. The van der Waals surface area contributed by atoms with Gasteiger partial charge in [-0.25, -0.2) is 23.1 Å². The minimum atomic E-state index is -2.75. The maximum absolute atomic E-state index is 13.7. The topological polar surface area (TPSA) is 61.4 Å². The molecule has 0 aliphatic carbocycles. The number of carbonyl (C=O) groups is 1. The molecule has 1 aliphatic rings. The monoisotopic (exact) mass is 415 g/mol. The molecule has 0 radical (unpaired) electrons. The Balaban J connectivity index is 1.42. The van der Waals surface area contributed by atoms with Gasteiger partial charge in [0.25, 0.3) is 6.43 Å². The fraction of sp³-hybridized carbons (Fsp3) is 0.286. The molecule has 1 aliphatic heterocycles. The van der Waals surface area contributed by atoms with Crippen LogP contribution in [0, 0.1) is 5.82 Å². The third-order valence-electron chi connectivity index (χ3n) is 4.98. The van der Waals surface area contributed by atoms with Crippen LogP contribution in [0.1, 0.15) is 12.2 Å². The van der Waals surface area contributed by atoms with Crippen LogP contribution in [0.2, 0.25) is 0 Å². The summed E-state index contributed by atoms with van der Waals surface area (Å²) in [6, 6.07) is 13.1. The third kappa shape index (κ3) is 4.35. The van der Waals surface area contributed by atoms with Gasteiger partial charge in [0.05, 0.1) is 17.7 Å². The van der Waals surface area contributed by atoms with Crippen LogP contribution in [-0.4, -0.2) is 53.5 Å². The fourth-order valence-corrected chi connectivity index (χ4v) is 3.49. The lowest BCUT2D eigenvalue weighted by atomic mass is 10.2. The van der Waals surface area contributed by atoms with Gasteiger partial charge in [0.1, 0.15) is 11.6 Å². The Bertz CT molecular complexity index is 1050. The second kappa shape index (κ2) is 8.66. The summed E-state index contributed by atoms with van der Waals surface area (Å²) < 4.78 is 40.1. The highest BCUT2D eigenvalue weighted by Crippen LogP contribution is 2.27. The summed E-state index contributed by atoms with van der Waals surface area (Å²) in [6.45, 7) is 2.27. The van der Waals surface area contributed by atoms with E-state index in [1.807, 2.05) is 21.9 Å². The summed E-state index contributed by atoms with van der Waals surface area (Å²) in [6.07, 6.45) is -2.75. The lowest BCUT2D eigenvalue weighted by molar-refractivity contribution is -0.117. The number of hydrogen-bond acceptors (Lipinski definition) is 5. The normalized spacial score (nSPS) is 15.0. The fourth-order valence-electron chi connectivity index (χ4n) is 3.49. The van der Waals surface area contributed by atoms with Gasteiger partial charge < -0.3 is 10.2 Å². The van der Waals surface area contributed by atoms with E-state index in [0.29, 0.717) is 42.9 Å². The van der Waals surface area contributed by atoms with Crippen molar-refractivity contribution in [1.29, 1.82) is 0 Å². The molecule has 1 amide bonds. The highest BCUT2D eigenvalue weighted by Gasteiger charge is 2.24. The summed E-state index contributed by atoms with van der Waals surface area (Å²) >= 11 is 0. The first-order valence-electron chi connectivity index (χ1n) is 9.58. The van der Waals surface area contributed by atoms with E-state index in [4.69, 9.17) is 0 Å². The van der Waals surface area contributed by atoms with Crippen LogP contribution >= 0.6 is 0 Å². The predicted octanol–water partition coefficient (Wildman–Crippen LogP) is 3.47. The highest BCUT2D eigenvalue weighted by atomic mass is 19.3. The predicted molar refractivity (Wildman–Crippen MR) is 108 cm³/mol. The number of para-hydroxylation sites is 2. The number of benzene rings is 2. The van der Waals surface area contributed by atoms with E-state index < -0.39 is 18.1 Å². The second-order valence-electron chi connectivity index (χ2n) is 7.01. The van der Waals surface area contributed by atoms with Gasteiger partial charge in [-0.15, -0.1) is 0 Å². The summed E-state index contributed by atoms with van der Waals surface area (Å²) in [7, 11) is 0. The Labute approximate surface area is 171 Å². The van der Waals surface area contributed by atoms with Gasteiger partial charge in [-0.3, -0.25) is 9.69 Å². The maximum Gasteiger partial charge on any atom is 0.297 e. The van der Waals surface area contributed by atoms with E-state index in [0.717, 1.165) is 0 Å². The Morgan fingerprint density at radius 1 is 1.00 bits per heavy atom. The van der Waals surface area contributed by atoms with Crippen LogP contribution in [0.25, 0.3) is 10.9 Å². The smallest absolute Gasteiger partial charge is 0.297 e. The van der Waals surface area contributed by atoms with Crippen molar-refractivity contribution in [2.75, 3.05) is 42.9 Å². The number of fused-ring (bicyclic) bond motifs is 1. The Morgan fingerprint density at radius 3 is 2.43 bits per heavy atom. The molecule has 0 bridgehead atoms. The van der Waals surface area contributed by atoms with E-state index in [1.54, 1.807) is 24.3 Å². The molecular weight excluding hydrogens is 395 g/mol. The number of rotatable bonds is 5. The largest absolute Gasteiger partial charge is 0.353 e. The molecule has 0 atom stereocenters. The maximum atomic E-state index is 13.7. The van der Waals surface area contributed by atoms with Gasteiger partial charge in [0.15, 0.2) is 5.82 Å². The molecule has 1 N–H and O–H groups in total. The number of carbonyl (C=O) groups excluding carboxylic acids is 1. The Hall–Kier alpha value is -3.20. The van der Waals surface area contributed by atoms with E-state index >= 15 is 0 Å². The first-order chi connectivity index (χ1) is 14.5. The van der Waals surface area contributed by atoms with Gasteiger partial charge in [-0.2, -0.15) is 0 Å². The van der Waals surface area contributed by atoms with Crippen molar-refractivity contribution >= 4 is 28.3 Å². The number of alkyl halides is 2. The minimum absolute atomic E-state index is 0.120.